The molecule has 1 aliphatic carbocycles. The Bertz CT molecular complexity index is 361. The van der Waals surface area contributed by atoms with Crippen LogP contribution < -0.4 is 10.2 Å². The van der Waals surface area contributed by atoms with Gasteiger partial charge in [0.2, 0.25) is 0 Å². The largest absolute Gasteiger partial charge is 0.370 e. The van der Waals surface area contributed by atoms with Crippen LogP contribution in [0.4, 0.5) is 5.69 Å². The molecule has 0 spiro atoms. The average Bonchev–Trinajstić information content (AvgIpc) is 3.22. The van der Waals surface area contributed by atoms with Crippen LogP contribution in [0.25, 0.3) is 0 Å². The fraction of sp³-hybridized carbons (Fsp3) is 0.667. The van der Waals surface area contributed by atoms with E-state index in [2.05, 4.69) is 35.1 Å². The topological polar surface area (TPSA) is 28.2 Å². The molecule has 0 atom stereocenters. The van der Waals surface area contributed by atoms with E-state index in [1.54, 1.807) is 0 Å². The number of unbranched alkanes of at least 4 members (excludes halogenated alkanes) is 1. The molecule has 100 valence electrons. The first-order valence-corrected chi connectivity index (χ1v) is 7.26. The van der Waals surface area contributed by atoms with E-state index in [1.165, 1.54) is 36.9 Å². The number of pyridine rings is 1. The predicted molar refractivity (Wildman–Crippen MR) is 76.9 cm³/mol. The molecule has 0 aliphatic heterocycles. The summed E-state index contributed by atoms with van der Waals surface area (Å²) in [5.41, 5.74) is 2.69. The number of hydrogen-bond donors (Lipinski definition) is 1. The second-order valence-electron chi connectivity index (χ2n) is 5.09. The number of nitrogens with one attached hydrogen (secondary N) is 1. The maximum atomic E-state index is 4.30. The van der Waals surface area contributed by atoms with Crippen LogP contribution in [0.3, 0.4) is 0 Å². The van der Waals surface area contributed by atoms with Crippen molar-refractivity contribution >= 4 is 5.69 Å². The van der Waals surface area contributed by atoms with Crippen LogP contribution in [0.2, 0.25) is 0 Å². The smallest absolute Gasteiger partial charge is 0.0598 e. The average molecular weight is 247 g/mol. The van der Waals surface area contributed by atoms with Gasteiger partial charge < -0.3 is 10.2 Å². The maximum absolute atomic E-state index is 4.30. The molecule has 1 aromatic heterocycles. The Hall–Kier alpha value is -1.09. The lowest BCUT2D eigenvalue weighted by Gasteiger charge is -2.25. The van der Waals surface area contributed by atoms with Crippen LogP contribution in [-0.4, -0.2) is 24.1 Å². The fourth-order valence-electron chi connectivity index (χ4n) is 2.19. The van der Waals surface area contributed by atoms with Crippen LogP contribution in [0.15, 0.2) is 18.5 Å². The molecule has 1 aromatic rings. The highest BCUT2D eigenvalue weighted by molar-refractivity contribution is 5.51. The van der Waals surface area contributed by atoms with E-state index in [9.17, 15) is 0 Å². The lowest BCUT2D eigenvalue weighted by Crippen LogP contribution is -2.26. The van der Waals surface area contributed by atoms with E-state index in [0.717, 1.165) is 25.7 Å². The zero-order valence-electron chi connectivity index (χ0n) is 11.7. The van der Waals surface area contributed by atoms with Crippen molar-refractivity contribution in [1.29, 1.82) is 0 Å². The van der Waals surface area contributed by atoms with Crippen molar-refractivity contribution in [1.82, 2.24) is 10.3 Å². The molecule has 1 aliphatic rings. The number of nitrogens with zero attached hydrogens (tertiary/aromatic N) is 2. The van der Waals surface area contributed by atoms with Crippen LogP contribution in [0.1, 0.15) is 45.1 Å². The molecule has 0 radical (unpaired) electrons. The lowest BCUT2D eigenvalue weighted by atomic mass is 10.2. The summed E-state index contributed by atoms with van der Waals surface area (Å²) in [5.74, 6) is 0. The van der Waals surface area contributed by atoms with Gasteiger partial charge >= 0.3 is 0 Å². The normalized spacial score (nSPS) is 14.8. The summed E-state index contributed by atoms with van der Waals surface area (Å²) < 4.78 is 0. The van der Waals surface area contributed by atoms with Gasteiger partial charge in [0, 0.05) is 31.9 Å². The van der Waals surface area contributed by atoms with Gasteiger partial charge in [0.05, 0.1) is 11.9 Å². The summed E-state index contributed by atoms with van der Waals surface area (Å²) in [6.45, 7) is 7.63. The Morgan fingerprint density at radius 2 is 2.22 bits per heavy atom. The molecule has 1 heterocycles. The van der Waals surface area contributed by atoms with E-state index in [1.807, 2.05) is 12.4 Å². The number of aromatic nitrogens is 1. The third kappa shape index (κ3) is 3.70. The SMILES string of the molecule is CCCCN(CC)c1cnccc1CNC1CC1. The minimum atomic E-state index is 0.761. The second kappa shape index (κ2) is 6.74. The van der Waals surface area contributed by atoms with Gasteiger partial charge in [-0.3, -0.25) is 4.98 Å². The molecular formula is C15H25N3. The third-order valence-electron chi connectivity index (χ3n) is 3.55. The molecule has 18 heavy (non-hydrogen) atoms. The second-order valence-corrected chi connectivity index (χ2v) is 5.09. The van der Waals surface area contributed by atoms with Crippen molar-refractivity contribution in [2.75, 3.05) is 18.0 Å². The summed E-state index contributed by atoms with van der Waals surface area (Å²) in [6.07, 6.45) is 9.09. The zero-order chi connectivity index (χ0) is 12.8. The molecule has 0 aromatic carbocycles. The van der Waals surface area contributed by atoms with Gasteiger partial charge in [0.25, 0.3) is 0 Å². The van der Waals surface area contributed by atoms with Crippen molar-refractivity contribution < 1.29 is 0 Å². The van der Waals surface area contributed by atoms with Crippen molar-refractivity contribution in [2.45, 2.75) is 52.1 Å². The summed E-state index contributed by atoms with van der Waals surface area (Å²) in [5, 5.41) is 3.59. The van der Waals surface area contributed by atoms with Crippen LogP contribution in [-0.2, 0) is 6.54 Å². The quantitative estimate of drug-likeness (QED) is 0.765. The van der Waals surface area contributed by atoms with E-state index < -0.39 is 0 Å². The molecule has 2 rings (SSSR count). The lowest BCUT2D eigenvalue weighted by molar-refractivity contribution is 0.677. The summed E-state index contributed by atoms with van der Waals surface area (Å²) >= 11 is 0. The molecule has 0 bridgehead atoms. The Morgan fingerprint density at radius 1 is 1.39 bits per heavy atom. The number of anilines is 1. The Labute approximate surface area is 111 Å². The molecule has 1 N–H and O–H groups in total. The summed E-state index contributed by atoms with van der Waals surface area (Å²) in [7, 11) is 0. The molecule has 3 nitrogen and oxygen atoms in total. The van der Waals surface area contributed by atoms with E-state index in [4.69, 9.17) is 0 Å². The number of hydrogen-bond acceptors (Lipinski definition) is 3. The first kappa shape index (κ1) is 13.3. The Balaban J connectivity index is 2.02. The van der Waals surface area contributed by atoms with Gasteiger partial charge in [-0.1, -0.05) is 13.3 Å². The van der Waals surface area contributed by atoms with E-state index in [0.29, 0.717) is 0 Å². The Kier molecular flexibility index (Phi) is 5.00. The summed E-state index contributed by atoms with van der Waals surface area (Å²) in [6, 6.07) is 2.91. The molecule has 1 saturated carbocycles. The molecular weight excluding hydrogens is 222 g/mol. The minimum Gasteiger partial charge on any atom is -0.370 e. The van der Waals surface area contributed by atoms with Crippen molar-refractivity contribution in [3.63, 3.8) is 0 Å². The Morgan fingerprint density at radius 3 is 2.89 bits per heavy atom. The summed E-state index contributed by atoms with van der Waals surface area (Å²) in [4.78, 5) is 6.74. The highest BCUT2D eigenvalue weighted by Gasteiger charge is 2.20. The van der Waals surface area contributed by atoms with E-state index in [-0.39, 0.29) is 0 Å². The van der Waals surface area contributed by atoms with E-state index >= 15 is 0 Å². The van der Waals surface area contributed by atoms with Crippen LogP contribution in [0, 0.1) is 0 Å². The highest BCUT2D eigenvalue weighted by Crippen LogP contribution is 2.23. The molecule has 3 heteroatoms. The van der Waals surface area contributed by atoms with Crippen LogP contribution >= 0.6 is 0 Å². The zero-order valence-corrected chi connectivity index (χ0v) is 11.7. The van der Waals surface area contributed by atoms with Crippen molar-refractivity contribution in [2.24, 2.45) is 0 Å². The molecule has 0 unspecified atom stereocenters. The third-order valence-corrected chi connectivity index (χ3v) is 3.55. The minimum absolute atomic E-state index is 0.761. The van der Waals surface area contributed by atoms with Gasteiger partial charge in [-0.15, -0.1) is 0 Å². The van der Waals surface area contributed by atoms with Crippen LogP contribution in [0.5, 0.6) is 0 Å². The molecule has 0 saturated heterocycles. The van der Waals surface area contributed by atoms with Gasteiger partial charge in [-0.2, -0.15) is 0 Å². The first-order chi connectivity index (χ1) is 8.85. The van der Waals surface area contributed by atoms with Gasteiger partial charge in [0.1, 0.15) is 0 Å². The number of rotatable bonds is 8. The monoisotopic (exact) mass is 247 g/mol. The van der Waals surface area contributed by atoms with Gasteiger partial charge in [0.15, 0.2) is 0 Å². The molecule has 0 amide bonds. The molecule has 1 fully saturated rings. The van der Waals surface area contributed by atoms with Crippen molar-refractivity contribution in [3.8, 4) is 0 Å². The highest BCUT2D eigenvalue weighted by atomic mass is 15.1. The fourth-order valence-corrected chi connectivity index (χ4v) is 2.19. The standard InChI is InChI=1S/C15H25N3/c1-3-5-10-18(4-2)15-12-16-9-8-13(15)11-17-14-6-7-14/h8-9,12,14,17H,3-7,10-11H2,1-2H3. The maximum Gasteiger partial charge on any atom is 0.0598 e. The van der Waals surface area contributed by atoms with Gasteiger partial charge in [-0.25, -0.2) is 0 Å². The first-order valence-electron chi connectivity index (χ1n) is 7.26. The van der Waals surface area contributed by atoms with Gasteiger partial charge in [-0.05, 0) is 37.8 Å². The predicted octanol–water partition coefficient (Wildman–Crippen LogP) is 2.96. The van der Waals surface area contributed by atoms with Crippen molar-refractivity contribution in [3.05, 3.63) is 24.0 Å².